The molecule has 3 aromatic rings. The molecule has 3 rings (SSSR count). The molecule has 0 aliphatic carbocycles. The SMILES string of the molecule is Cc1c(N)cccc1-c1noc(-c2ccnn2C(F)F)n1. The van der Waals surface area contributed by atoms with Crippen molar-refractivity contribution in [1.82, 2.24) is 19.9 Å². The predicted octanol–water partition coefficient (Wildman–Crippen LogP) is 2.89. The third kappa shape index (κ3) is 2.24. The highest BCUT2D eigenvalue weighted by molar-refractivity contribution is 5.68. The summed E-state index contributed by atoms with van der Waals surface area (Å²) >= 11 is 0. The summed E-state index contributed by atoms with van der Waals surface area (Å²) < 4.78 is 31.1. The Hall–Kier alpha value is -2.77. The van der Waals surface area contributed by atoms with Crippen LogP contribution in [-0.2, 0) is 0 Å². The van der Waals surface area contributed by atoms with Crippen LogP contribution in [0, 0.1) is 6.92 Å². The molecule has 0 saturated heterocycles. The van der Waals surface area contributed by atoms with Crippen molar-refractivity contribution in [3.63, 3.8) is 0 Å². The number of rotatable bonds is 3. The van der Waals surface area contributed by atoms with Gasteiger partial charge in [0.2, 0.25) is 5.82 Å². The van der Waals surface area contributed by atoms with Crippen LogP contribution in [0.4, 0.5) is 14.5 Å². The molecule has 0 bridgehead atoms. The molecule has 0 unspecified atom stereocenters. The van der Waals surface area contributed by atoms with E-state index in [1.165, 1.54) is 12.3 Å². The van der Waals surface area contributed by atoms with Crippen LogP contribution in [0.25, 0.3) is 23.0 Å². The fraction of sp³-hybridized carbons (Fsp3) is 0.154. The van der Waals surface area contributed by atoms with E-state index in [4.69, 9.17) is 10.3 Å². The molecule has 2 N–H and O–H groups in total. The molecule has 108 valence electrons. The van der Waals surface area contributed by atoms with Crippen molar-refractivity contribution < 1.29 is 13.3 Å². The lowest BCUT2D eigenvalue weighted by molar-refractivity contribution is 0.0579. The van der Waals surface area contributed by atoms with E-state index in [1.54, 1.807) is 18.2 Å². The fourth-order valence-electron chi connectivity index (χ4n) is 1.97. The van der Waals surface area contributed by atoms with E-state index in [9.17, 15) is 8.78 Å². The molecule has 8 heteroatoms. The van der Waals surface area contributed by atoms with Gasteiger partial charge in [-0.2, -0.15) is 23.5 Å². The second-order valence-electron chi connectivity index (χ2n) is 4.38. The standard InChI is InChI=1S/C13H11F2N5O/c1-7-8(3-2-4-9(7)16)11-18-12(21-19-11)10-5-6-17-20(10)13(14)15/h2-6,13H,16H2,1H3. The molecule has 0 radical (unpaired) electrons. The van der Waals surface area contributed by atoms with Crippen LogP contribution in [0.1, 0.15) is 12.1 Å². The van der Waals surface area contributed by atoms with Gasteiger partial charge in [0.25, 0.3) is 5.89 Å². The highest BCUT2D eigenvalue weighted by atomic mass is 19.3. The molecule has 0 aliphatic heterocycles. The van der Waals surface area contributed by atoms with Gasteiger partial charge >= 0.3 is 6.55 Å². The first kappa shape index (κ1) is 13.2. The van der Waals surface area contributed by atoms with E-state index >= 15 is 0 Å². The number of nitrogens with zero attached hydrogens (tertiary/aromatic N) is 4. The van der Waals surface area contributed by atoms with Gasteiger partial charge in [-0.3, -0.25) is 0 Å². The Morgan fingerprint density at radius 2 is 2.10 bits per heavy atom. The Morgan fingerprint density at radius 1 is 1.29 bits per heavy atom. The van der Waals surface area contributed by atoms with Gasteiger partial charge in [-0.05, 0) is 24.6 Å². The first-order valence-corrected chi connectivity index (χ1v) is 6.09. The van der Waals surface area contributed by atoms with Gasteiger partial charge in [0.1, 0.15) is 5.69 Å². The summed E-state index contributed by atoms with van der Waals surface area (Å²) in [6, 6.07) is 6.68. The molecule has 0 spiro atoms. The maximum Gasteiger partial charge on any atom is 0.333 e. The van der Waals surface area contributed by atoms with Crippen LogP contribution in [0.5, 0.6) is 0 Å². The van der Waals surface area contributed by atoms with Gasteiger partial charge in [-0.1, -0.05) is 17.3 Å². The number of benzene rings is 1. The quantitative estimate of drug-likeness (QED) is 0.750. The molecule has 0 saturated carbocycles. The van der Waals surface area contributed by atoms with Crippen molar-refractivity contribution in [1.29, 1.82) is 0 Å². The number of halogens is 2. The summed E-state index contributed by atoms with van der Waals surface area (Å²) in [6.45, 7) is -0.955. The van der Waals surface area contributed by atoms with Crippen LogP contribution in [-0.4, -0.2) is 19.9 Å². The van der Waals surface area contributed by atoms with Crippen LogP contribution in [0.3, 0.4) is 0 Å². The largest absolute Gasteiger partial charge is 0.398 e. The summed E-state index contributed by atoms with van der Waals surface area (Å²) in [6.07, 6.45) is 1.25. The molecule has 0 atom stereocenters. The third-order valence-corrected chi connectivity index (χ3v) is 3.12. The van der Waals surface area contributed by atoms with Crippen molar-refractivity contribution in [3.8, 4) is 23.0 Å². The minimum absolute atomic E-state index is 0.0235. The maximum absolute atomic E-state index is 12.8. The zero-order chi connectivity index (χ0) is 15.0. The molecule has 0 fully saturated rings. The van der Waals surface area contributed by atoms with Crippen molar-refractivity contribution >= 4 is 5.69 Å². The maximum atomic E-state index is 12.8. The number of anilines is 1. The summed E-state index contributed by atoms with van der Waals surface area (Å²) in [4.78, 5) is 4.14. The Balaban J connectivity index is 2.04. The average Bonchev–Trinajstić information content (AvgIpc) is 3.09. The molecule has 6 nitrogen and oxygen atoms in total. The van der Waals surface area contributed by atoms with Gasteiger partial charge in [-0.25, -0.2) is 0 Å². The van der Waals surface area contributed by atoms with Crippen LogP contribution in [0.2, 0.25) is 0 Å². The summed E-state index contributed by atoms with van der Waals surface area (Å²) in [7, 11) is 0. The molecule has 0 aliphatic rings. The first-order chi connectivity index (χ1) is 10.1. The lowest BCUT2D eigenvalue weighted by Crippen LogP contribution is -2.02. The predicted molar refractivity (Wildman–Crippen MR) is 71.4 cm³/mol. The number of nitrogens with two attached hydrogens (primary N) is 1. The molecule has 0 amide bonds. The summed E-state index contributed by atoms with van der Waals surface area (Å²) in [5.41, 5.74) is 7.96. The van der Waals surface area contributed by atoms with Crippen molar-refractivity contribution in [2.45, 2.75) is 13.5 Å². The van der Waals surface area contributed by atoms with Crippen LogP contribution >= 0.6 is 0 Å². The smallest absolute Gasteiger partial charge is 0.333 e. The van der Waals surface area contributed by atoms with Crippen molar-refractivity contribution in [2.24, 2.45) is 0 Å². The molecular formula is C13H11F2N5O. The zero-order valence-corrected chi connectivity index (χ0v) is 11.0. The number of aromatic nitrogens is 4. The van der Waals surface area contributed by atoms with Crippen molar-refractivity contribution in [2.75, 3.05) is 5.73 Å². The van der Waals surface area contributed by atoms with E-state index in [0.717, 1.165) is 5.56 Å². The van der Waals surface area contributed by atoms with Crippen LogP contribution < -0.4 is 5.73 Å². The second kappa shape index (κ2) is 4.97. The highest BCUT2D eigenvalue weighted by Gasteiger charge is 2.19. The molecular weight excluding hydrogens is 280 g/mol. The van der Waals surface area contributed by atoms with Crippen molar-refractivity contribution in [3.05, 3.63) is 36.0 Å². The minimum Gasteiger partial charge on any atom is -0.398 e. The Bertz CT molecular complexity index is 780. The van der Waals surface area contributed by atoms with E-state index < -0.39 is 6.55 Å². The second-order valence-corrected chi connectivity index (χ2v) is 4.38. The van der Waals surface area contributed by atoms with Gasteiger partial charge in [0, 0.05) is 17.4 Å². The van der Waals surface area contributed by atoms with Gasteiger partial charge in [0.05, 0.1) is 0 Å². The lowest BCUT2D eigenvalue weighted by Gasteiger charge is -2.03. The molecule has 2 aromatic heterocycles. The van der Waals surface area contributed by atoms with Crippen LogP contribution in [0.15, 0.2) is 35.0 Å². The Labute approximate surface area is 118 Å². The van der Waals surface area contributed by atoms with Gasteiger partial charge < -0.3 is 10.3 Å². The first-order valence-electron chi connectivity index (χ1n) is 6.09. The fourth-order valence-corrected chi connectivity index (χ4v) is 1.97. The monoisotopic (exact) mass is 291 g/mol. The van der Waals surface area contributed by atoms with Gasteiger partial charge in [-0.15, -0.1) is 0 Å². The Morgan fingerprint density at radius 3 is 2.86 bits per heavy atom. The van der Waals surface area contributed by atoms with E-state index in [2.05, 4.69) is 15.2 Å². The number of nitrogen functional groups attached to an aromatic ring is 1. The number of alkyl halides is 2. The minimum atomic E-state index is -2.78. The molecule has 1 aromatic carbocycles. The summed E-state index contributed by atoms with van der Waals surface area (Å²) in [5.74, 6) is 0.265. The molecule has 21 heavy (non-hydrogen) atoms. The third-order valence-electron chi connectivity index (χ3n) is 3.12. The van der Waals surface area contributed by atoms with E-state index in [1.807, 2.05) is 6.92 Å². The Kier molecular flexibility index (Phi) is 3.13. The van der Waals surface area contributed by atoms with Gasteiger partial charge in [0.15, 0.2) is 0 Å². The zero-order valence-electron chi connectivity index (χ0n) is 11.0. The topological polar surface area (TPSA) is 82.8 Å². The highest BCUT2D eigenvalue weighted by Crippen LogP contribution is 2.28. The van der Waals surface area contributed by atoms with E-state index in [0.29, 0.717) is 15.9 Å². The lowest BCUT2D eigenvalue weighted by atomic mass is 10.1. The molecule has 2 heterocycles. The normalized spacial score (nSPS) is 11.2. The average molecular weight is 291 g/mol. The number of hydrogen-bond donors (Lipinski definition) is 1. The number of hydrogen-bond acceptors (Lipinski definition) is 5. The van der Waals surface area contributed by atoms with E-state index in [-0.39, 0.29) is 17.4 Å². The summed E-state index contributed by atoms with van der Waals surface area (Å²) in [5, 5.41) is 7.34.